The molecule has 1 aliphatic heterocycles. The first-order valence-corrected chi connectivity index (χ1v) is 11.7. The van der Waals surface area contributed by atoms with Crippen LogP contribution in [-0.4, -0.2) is 47.3 Å². The van der Waals surface area contributed by atoms with Crippen molar-refractivity contribution in [1.82, 2.24) is 25.2 Å². The van der Waals surface area contributed by atoms with E-state index >= 15 is 0 Å². The van der Waals surface area contributed by atoms with Crippen LogP contribution in [0.25, 0.3) is 11.0 Å². The van der Waals surface area contributed by atoms with Gasteiger partial charge in [-0.05, 0) is 56.0 Å². The van der Waals surface area contributed by atoms with Crippen molar-refractivity contribution in [3.63, 3.8) is 0 Å². The number of piperazine rings is 1. The molecule has 0 bridgehead atoms. The monoisotopic (exact) mass is 438 g/mol. The number of hydrogen-bond acceptors (Lipinski definition) is 5. The second-order valence-corrected chi connectivity index (χ2v) is 9.26. The number of pyridine rings is 1. The van der Waals surface area contributed by atoms with Crippen molar-refractivity contribution in [1.29, 1.82) is 0 Å². The Morgan fingerprint density at radius 2 is 1.91 bits per heavy atom. The van der Waals surface area contributed by atoms with E-state index in [2.05, 4.69) is 40.0 Å². The highest BCUT2D eigenvalue weighted by atomic mass is 19.1. The van der Waals surface area contributed by atoms with E-state index in [1.54, 1.807) is 6.07 Å². The molecule has 2 N–H and O–H groups in total. The van der Waals surface area contributed by atoms with Crippen LogP contribution >= 0.6 is 0 Å². The summed E-state index contributed by atoms with van der Waals surface area (Å²) in [6.07, 6.45) is 1.14. The predicted molar refractivity (Wildman–Crippen MR) is 129 cm³/mol. The van der Waals surface area contributed by atoms with Gasteiger partial charge in [0.1, 0.15) is 11.3 Å². The maximum atomic E-state index is 13.9. The molecule has 6 nitrogen and oxygen atoms in total. The van der Waals surface area contributed by atoms with E-state index in [0.29, 0.717) is 24.6 Å². The van der Waals surface area contributed by atoms with Gasteiger partial charge in [0.15, 0.2) is 0 Å². The van der Waals surface area contributed by atoms with Crippen LogP contribution in [0.3, 0.4) is 0 Å². The molecule has 1 fully saturated rings. The first-order valence-electron chi connectivity index (χ1n) is 11.7. The highest BCUT2D eigenvalue weighted by Gasteiger charge is 2.22. The summed E-state index contributed by atoms with van der Waals surface area (Å²) < 4.78 is 16.1. The van der Waals surface area contributed by atoms with Gasteiger partial charge in [0.2, 0.25) is 5.95 Å². The second-order valence-electron chi connectivity index (χ2n) is 9.26. The van der Waals surface area contributed by atoms with Crippen molar-refractivity contribution in [2.24, 2.45) is 5.92 Å². The number of aryl methyl sites for hydroxylation is 2. The molecule has 172 valence electrons. The lowest BCUT2D eigenvalue weighted by Crippen LogP contribution is -2.44. The van der Waals surface area contributed by atoms with E-state index in [4.69, 9.17) is 9.97 Å². The number of nitrogens with zero attached hydrogens (tertiary/aromatic N) is 4. The van der Waals surface area contributed by atoms with E-state index in [1.165, 1.54) is 0 Å². The molecule has 0 unspecified atom stereocenters. The minimum Gasteiger partial charge on any atom is -0.340 e. The number of hydrogen-bond donors (Lipinski definition) is 2. The summed E-state index contributed by atoms with van der Waals surface area (Å²) in [5.41, 5.74) is 5.78. The number of imidazole rings is 1. The van der Waals surface area contributed by atoms with Gasteiger partial charge in [-0.25, -0.2) is 9.37 Å². The number of halogens is 1. The van der Waals surface area contributed by atoms with E-state index in [-0.39, 0.29) is 5.82 Å². The molecule has 0 saturated carbocycles. The lowest BCUT2D eigenvalue weighted by Gasteiger charge is -2.29. The zero-order valence-electron chi connectivity index (χ0n) is 19.7. The molecule has 3 aromatic rings. The molecule has 2 aromatic heterocycles. The molecular weight excluding hydrogens is 403 g/mol. The number of rotatable bonds is 8. The summed E-state index contributed by atoms with van der Waals surface area (Å²) in [5, 5.41) is 6.97. The normalized spacial score (nSPS) is 14.6. The molecule has 0 spiro atoms. The smallest absolute Gasteiger partial charge is 0.207 e. The summed E-state index contributed by atoms with van der Waals surface area (Å²) >= 11 is 0. The molecule has 0 radical (unpaired) electrons. The van der Waals surface area contributed by atoms with E-state index in [9.17, 15) is 4.39 Å². The van der Waals surface area contributed by atoms with Crippen molar-refractivity contribution in [2.75, 3.05) is 37.6 Å². The third-order valence-corrected chi connectivity index (χ3v) is 6.07. The molecule has 0 atom stereocenters. The molecule has 3 heterocycles. The maximum absolute atomic E-state index is 13.9. The minimum absolute atomic E-state index is 0.165. The molecule has 32 heavy (non-hydrogen) atoms. The maximum Gasteiger partial charge on any atom is 0.207 e. The van der Waals surface area contributed by atoms with E-state index in [1.807, 2.05) is 26.0 Å². The van der Waals surface area contributed by atoms with Crippen LogP contribution in [0.4, 0.5) is 10.3 Å². The van der Waals surface area contributed by atoms with Crippen LogP contribution in [-0.2, 0) is 13.1 Å². The fraction of sp³-hybridized carbons (Fsp3) is 0.520. The van der Waals surface area contributed by atoms with Crippen LogP contribution in [0.15, 0.2) is 24.3 Å². The van der Waals surface area contributed by atoms with Crippen LogP contribution in [0.5, 0.6) is 0 Å². The second kappa shape index (κ2) is 9.96. The first kappa shape index (κ1) is 22.7. The summed E-state index contributed by atoms with van der Waals surface area (Å²) in [5.74, 6) is 1.48. The first-order chi connectivity index (χ1) is 15.4. The number of benzene rings is 1. The Labute approximate surface area is 190 Å². The third-order valence-electron chi connectivity index (χ3n) is 6.07. The Morgan fingerprint density at radius 3 is 2.62 bits per heavy atom. The summed E-state index contributed by atoms with van der Waals surface area (Å²) in [4.78, 5) is 12.3. The number of aromatic nitrogens is 3. The molecule has 4 rings (SSSR count). The Kier molecular flexibility index (Phi) is 7.06. The standard InChI is InChI=1S/C25H35FN6/c1-17(2)7-8-28-15-22-24-23(14-19(4)29-22)32(16-20-5-6-21(26)18(3)13-20)25(30-24)31-11-9-27-10-12-31/h5-6,13-14,17,27-28H,7-12,15-16H2,1-4H3. The van der Waals surface area contributed by atoms with Crippen LogP contribution in [0.2, 0.25) is 0 Å². The molecule has 1 aliphatic rings. The quantitative estimate of drug-likeness (QED) is 0.524. The Morgan fingerprint density at radius 1 is 1.12 bits per heavy atom. The predicted octanol–water partition coefficient (Wildman–Crippen LogP) is 3.78. The van der Waals surface area contributed by atoms with Crippen molar-refractivity contribution in [3.05, 3.63) is 52.6 Å². The zero-order chi connectivity index (χ0) is 22.7. The summed E-state index contributed by atoms with van der Waals surface area (Å²) in [7, 11) is 0. The lowest BCUT2D eigenvalue weighted by atomic mass is 10.1. The van der Waals surface area contributed by atoms with E-state index in [0.717, 1.165) is 73.1 Å². The van der Waals surface area contributed by atoms with Gasteiger partial charge < -0.3 is 20.1 Å². The van der Waals surface area contributed by atoms with Crippen molar-refractivity contribution in [2.45, 2.75) is 47.2 Å². The average molecular weight is 439 g/mol. The van der Waals surface area contributed by atoms with E-state index < -0.39 is 0 Å². The van der Waals surface area contributed by atoms with Gasteiger partial charge in [-0.1, -0.05) is 26.0 Å². The highest BCUT2D eigenvalue weighted by Crippen LogP contribution is 2.27. The van der Waals surface area contributed by atoms with Crippen LogP contribution in [0, 0.1) is 25.6 Å². The molecule has 0 amide bonds. The fourth-order valence-corrected chi connectivity index (χ4v) is 4.28. The van der Waals surface area contributed by atoms with Gasteiger partial charge in [-0.15, -0.1) is 0 Å². The molecule has 7 heteroatoms. The van der Waals surface area contributed by atoms with Crippen LogP contribution < -0.4 is 15.5 Å². The van der Waals surface area contributed by atoms with Crippen LogP contribution in [0.1, 0.15) is 42.8 Å². The number of anilines is 1. The van der Waals surface area contributed by atoms with Gasteiger partial charge in [-0.3, -0.25) is 4.98 Å². The minimum atomic E-state index is -0.165. The van der Waals surface area contributed by atoms with Gasteiger partial charge in [0, 0.05) is 38.4 Å². The van der Waals surface area contributed by atoms with Crippen molar-refractivity contribution < 1.29 is 4.39 Å². The van der Waals surface area contributed by atoms with Crippen molar-refractivity contribution >= 4 is 17.0 Å². The largest absolute Gasteiger partial charge is 0.340 e. The van der Waals surface area contributed by atoms with Gasteiger partial charge in [0.25, 0.3) is 0 Å². The van der Waals surface area contributed by atoms with Crippen molar-refractivity contribution in [3.8, 4) is 0 Å². The topological polar surface area (TPSA) is 58.0 Å². The SMILES string of the molecule is Cc1cc2c(nc(N3CCNCC3)n2Cc2ccc(F)c(C)c2)c(CNCCC(C)C)n1. The Hall–Kier alpha value is -2.51. The lowest BCUT2D eigenvalue weighted by molar-refractivity contribution is 0.535. The third kappa shape index (κ3) is 5.10. The molecule has 1 aromatic carbocycles. The molecule has 1 saturated heterocycles. The Balaban J connectivity index is 1.73. The fourth-order valence-electron chi connectivity index (χ4n) is 4.28. The number of nitrogens with one attached hydrogen (secondary N) is 2. The zero-order valence-corrected chi connectivity index (χ0v) is 19.7. The Bertz CT molecular complexity index is 1070. The van der Waals surface area contributed by atoms with Gasteiger partial charge in [-0.2, -0.15) is 0 Å². The summed E-state index contributed by atoms with van der Waals surface area (Å²) in [6.45, 7) is 14.4. The summed E-state index contributed by atoms with van der Waals surface area (Å²) in [6, 6.07) is 7.50. The molecular formula is C25H35FN6. The van der Waals surface area contributed by atoms with Gasteiger partial charge in [0.05, 0.1) is 17.8 Å². The molecule has 0 aliphatic carbocycles. The average Bonchev–Trinajstić information content (AvgIpc) is 3.12. The highest BCUT2D eigenvalue weighted by molar-refractivity contribution is 5.81. The van der Waals surface area contributed by atoms with Gasteiger partial charge >= 0.3 is 0 Å². The number of fused-ring (bicyclic) bond motifs is 1.